The number of nitrogens with zero attached hydrogens (tertiary/aromatic N) is 2. The molecule has 0 bridgehead atoms. The highest BCUT2D eigenvalue weighted by Crippen LogP contribution is 2.14. The van der Waals surface area contributed by atoms with E-state index in [1.807, 2.05) is 7.05 Å². The molecular weight excluding hydrogens is 205 g/mol. The van der Waals surface area contributed by atoms with Crippen LogP contribution in [0.5, 0.6) is 0 Å². The molecule has 16 heavy (non-hydrogen) atoms. The van der Waals surface area contributed by atoms with Gasteiger partial charge in [0.2, 0.25) is 0 Å². The zero-order valence-corrected chi connectivity index (χ0v) is 9.20. The van der Waals surface area contributed by atoms with Crippen LogP contribution < -0.4 is 5.32 Å². The first-order valence-corrected chi connectivity index (χ1v) is 5.30. The van der Waals surface area contributed by atoms with Crippen LogP contribution in [0.25, 0.3) is 0 Å². The van der Waals surface area contributed by atoms with E-state index in [1.165, 1.54) is 18.2 Å². The highest BCUT2D eigenvalue weighted by atomic mass is 19.1. The van der Waals surface area contributed by atoms with Crippen molar-refractivity contribution in [1.29, 1.82) is 5.26 Å². The predicted molar refractivity (Wildman–Crippen MR) is 59.2 cm³/mol. The van der Waals surface area contributed by atoms with E-state index in [2.05, 4.69) is 16.3 Å². The fourth-order valence-corrected chi connectivity index (χ4v) is 1.79. The largest absolute Gasteiger partial charge is 0.314 e. The summed E-state index contributed by atoms with van der Waals surface area (Å²) in [4.78, 5) is 2.14. The number of hydrogen-bond donors (Lipinski definition) is 1. The van der Waals surface area contributed by atoms with Crippen molar-refractivity contribution in [3.8, 4) is 6.07 Å². The van der Waals surface area contributed by atoms with Gasteiger partial charge in [0.25, 0.3) is 0 Å². The molecule has 3 nitrogen and oxygen atoms in total. The Morgan fingerprint density at radius 2 is 2.31 bits per heavy atom. The molecule has 0 spiro atoms. The Kier molecular flexibility index (Phi) is 3.18. The van der Waals surface area contributed by atoms with Gasteiger partial charge >= 0.3 is 0 Å². The molecule has 0 amide bonds. The molecule has 0 atom stereocenters. The van der Waals surface area contributed by atoms with Gasteiger partial charge in [-0.3, -0.25) is 4.90 Å². The average molecular weight is 219 g/mol. The zero-order chi connectivity index (χ0) is 11.5. The zero-order valence-electron chi connectivity index (χ0n) is 9.20. The van der Waals surface area contributed by atoms with Gasteiger partial charge in [0.05, 0.1) is 11.6 Å². The molecular formula is C12H14FN3. The van der Waals surface area contributed by atoms with Gasteiger partial charge in [-0.15, -0.1) is 0 Å². The molecule has 1 heterocycles. The summed E-state index contributed by atoms with van der Waals surface area (Å²) in [6.45, 7) is 2.55. The van der Waals surface area contributed by atoms with Crippen molar-refractivity contribution in [2.45, 2.75) is 12.6 Å². The Balaban J connectivity index is 2.13. The summed E-state index contributed by atoms with van der Waals surface area (Å²) in [7, 11) is 2.00. The maximum Gasteiger partial charge on any atom is 0.123 e. The molecule has 2 rings (SSSR count). The van der Waals surface area contributed by atoms with Gasteiger partial charge in [-0.2, -0.15) is 5.26 Å². The van der Waals surface area contributed by atoms with Crippen LogP contribution in [0, 0.1) is 17.1 Å². The van der Waals surface area contributed by atoms with Gasteiger partial charge in [0.1, 0.15) is 5.82 Å². The van der Waals surface area contributed by atoms with Gasteiger partial charge < -0.3 is 5.32 Å². The highest BCUT2D eigenvalue weighted by molar-refractivity contribution is 5.37. The molecule has 4 heteroatoms. The van der Waals surface area contributed by atoms with E-state index in [1.54, 1.807) is 0 Å². The fourth-order valence-electron chi connectivity index (χ4n) is 1.79. The Morgan fingerprint density at radius 3 is 2.88 bits per heavy atom. The topological polar surface area (TPSA) is 39.1 Å². The minimum Gasteiger partial charge on any atom is -0.314 e. The first-order chi connectivity index (χ1) is 7.70. The summed E-state index contributed by atoms with van der Waals surface area (Å²) in [5.41, 5.74) is 1.32. The van der Waals surface area contributed by atoms with E-state index in [-0.39, 0.29) is 5.82 Å². The Labute approximate surface area is 94.5 Å². The van der Waals surface area contributed by atoms with Crippen molar-refractivity contribution in [2.75, 3.05) is 20.1 Å². The molecule has 1 aliphatic heterocycles. The van der Waals surface area contributed by atoms with Crippen LogP contribution in [-0.2, 0) is 6.54 Å². The van der Waals surface area contributed by atoms with Crippen LogP contribution >= 0.6 is 0 Å². The second-order valence-electron chi connectivity index (χ2n) is 4.14. The Hall–Kier alpha value is -1.44. The lowest BCUT2D eigenvalue weighted by atomic mass is 10.1. The quantitative estimate of drug-likeness (QED) is 0.827. The lowest BCUT2D eigenvalue weighted by molar-refractivity contribution is 0.173. The molecule has 0 saturated carbocycles. The molecule has 0 aliphatic carbocycles. The molecule has 1 aliphatic rings. The monoisotopic (exact) mass is 219 g/mol. The summed E-state index contributed by atoms with van der Waals surface area (Å²) in [5, 5.41) is 12.1. The van der Waals surface area contributed by atoms with E-state index in [0.717, 1.165) is 18.7 Å². The second-order valence-corrected chi connectivity index (χ2v) is 4.14. The van der Waals surface area contributed by atoms with E-state index >= 15 is 0 Å². The van der Waals surface area contributed by atoms with Crippen molar-refractivity contribution in [3.05, 3.63) is 35.1 Å². The van der Waals surface area contributed by atoms with Gasteiger partial charge in [-0.05, 0) is 30.8 Å². The number of likely N-dealkylation sites (N-methyl/N-ethyl adjacent to an activating group) is 1. The normalized spacial score (nSPS) is 15.9. The highest BCUT2D eigenvalue weighted by Gasteiger charge is 2.22. The predicted octanol–water partition coefficient (Wildman–Crippen LogP) is 1.10. The smallest absolute Gasteiger partial charge is 0.123 e. The summed E-state index contributed by atoms with van der Waals surface area (Å²) in [6.07, 6.45) is 0. The number of nitriles is 1. The summed E-state index contributed by atoms with van der Waals surface area (Å²) >= 11 is 0. The van der Waals surface area contributed by atoms with Crippen LogP contribution in [0.3, 0.4) is 0 Å². The second kappa shape index (κ2) is 4.60. The van der Waals surface area contributed by atoms with Crippen molar-refractivity contribution in [2.24, 2.45) is 0 Å². The molecule has 84 valence electrons. The van der Waals surface area contributed by atoms with Gasteiger partial charge in [-0.25, -0.2) is 4.39 Å². The SMILES string of the molecule is CN(Cc1cc(F)ccc1C#N)C1CNC1. The first kappa shape index (κ1) is 11.1. The Bertz CT molecular complexity index is 421. The van der Waals surface area contributed by atoms with Crippen LogP contribution in [0.15, 0.2) is 18.2 Å². The van der Waals surface area contributed by atoms with E-state index in [9.17, 15) is 4.39 Å². The van der Waals surface area contributed by atoms with E-state index < -0.39 is 0 Å². The number of halogens is 1. The van der Waals surface area contributed by atoms with E-state index in [4.69, 9.17) is 5.26 Å². The summed E-state index contributed by atoms with van der Waals surface area (Å²) < 4.78 is 13.1. The van der Waals surface area contributed by atoms with Crippen LogP contribution in [-0.4, -0.2) is 31.1 Å². The minimum absolute atomic E-state index is 0.283. The van der Waals surface area contributed by atoms with Gasteiger partial charge in [0, 0.05) is 25.7 Å². The van der Waals surface area contributed by atoms with Crippen molar-refractivity contribution < 1.29 is 4.39 Å². The average Bonchev–Trinajstić information content (AvgIpc) is 2.15. The first-order valence-electron chi connectivity index (χ1n) is 5.30. The number of nitrogens with one attached hydrogen (secondary N) is 1. The molecule has 1 saturated heterocycles. The fraction of sp³-hybridized carbons (Fsp3) is 0.417. The van der Waals surface area contributed by atoms with Crippen LogP contribution in [0.1, 0.15) is 11.1 Å². The molecule has 0 radical (unpaired) electrons. The minimum atomic E-state index is -0.283. The van der Waals surface area contributed by atoms with Gasteiger partial charge in [0.15, 0.2) is 0 Å². The standard InChI is InChI=1S/C12H14FN3/c1-16(12-6-15-7-12)8-10-4-11(13)3-2-9(10)5-14/h2-4,12,15H,6-8H2,1H3. The number of hydrogen-bond acceptors (Lipinski definition) is 3. The third-order valence-corrected chi connectivity index (χ3v) is 2.99. The summed E-state index contributed by atoms with van der Waals surface area (Å²) in [5.74, 6) is -0.283. The molecule has 1 fully saturated rings. The van der Waals surface area contributed by atoms with Crippen molar-refractivity contribution in [1.82, 2.24) is 10.2 Å². The lowest BCUT2D eigenvalue weighted by Crippen LogP contribution is -2.55. The van der Waals surface area contributed by atoms with Crippen molar-refractivity contribution in [3.63, 3.8) is 0 Å². The maximum absolute atomic E-state index is 13.1. The summed E-state index contributed by atoms with van der Waals surface area (Å²) in [6, 6.07) is 6.90. The Morgan fingerprint density at radius 1 is 1.56 bits per heavy atom. The van der Waals surface area contributed by atoms with Crippen LogP contribution in [0.2, 0.25) is 0 Å². The third-order valence-electron chi connectivity index (χ3n) is 2.99. The molecule has 1 N–H and O–H groups in total. The van der Waals surface area contributed by atoms with Gasteiger partial charge in [-0.1, -0.05) is 0 Å². The third kappa shape index (κ3) is 2.21. The molecule has 1 aromatic carbocycles. The molecule has 0 aromatic heterocycles. The molecule has 1 aromatic rings. The number of rotatable bonds is 3. The van der Waals surface area contributed by atoms with E-state index in [0.29, 0.717) is 18.2 Å². The van der Waals surface area contributed by atoms with Crippen molar-refractivity contribution >= 4 is 0 Å². The number of benzene rings is 1. The van der Waals surface area contributed by atoms with Crippen LogP contribution in [0.4, 0.5) is 4.39 Å². The molecule has 0 unspecified atom stereocenters. The maximum atomic E-state index is 13.1. The lowest BCUT2D eigenvalue weighted by Gasteiger charge is -2.35.